The standard InChI is InChI=1S/C17H13ClN2S.C4H11N/c1-11(20-14-6-7-15(18)17(21)10-14)13-5-4-12-3-2-8-19-16(12)9-13;1-3-5-4-2/h2-10,20-21H,1H2;5H,3-4H2,1-2H3. The van der Waals surface area contributed by atoms with Gasteiger partial charge in [-0.1, -0.05) is 50.2 Å². The third kappa shape index (κ3) is 5.77. The van der Waals surface area contributed by atoms with Crippen LogP contribution >= 0.6 is 24.2 Å². The highest BCUT2D eigenvalue weighted by Crippen LogP contribution is 2.26. The van der Waals surface area contributed by atoms with E-state index in [0.717, 1.165) is 45.8 Å². The molecule has 2 aromatic carbocycles. The van der Waals surface area contributed by atoms with Crippen molar-refractivity contribution in [3.8, 4) is 0 Å². The smallest absolute Gasteiger partial charge is 0.0708 e. The molecule has 136 valence electrons. The largest absolute Gasteiger partial charge is 0.355 e. The van der Waals surface area contributed by atoms with Crippen LogP contribution in [-0.4, -0.2) is 18.1 Å². The number of rotatable bonds is 5. The van der Waals surface area contributed by atoms with Crippen molar-refractivity contribution in [1.82, 2.24) is 10.3 Å². The first-order chi connectivity index (χ1) is 12.5. The van der Waals surface area contributed by atoms with E-state index in [1.807, 2.05) is 42.5 Å². The molecule has 26 heavy (non-hydrogen) atoms. The minimum atomic E-state index is 0.629. The van der Waals surface area contributed by atoms with E-state index in [1.54, 1.807) is 12.3 Å². The van der Waals surface area contributed by atoms with Gasteiger partial charge in [0.2, 0.25) is 0 Å². The topological polar surface area (TPSA) is 37.0 Å². The van der Waals surface area contributed by atoms with Gasteiger partial charge in [-0.15, -0.1) is 12.6 Å². The molecule has 0 spiro atoms. The molecule has 0 saturated heterocycles. The van der Waals surface area contributed by atoms with Crippen molar-refractivity contribution in [1.29, 1.82) is 0 Å². The summed E-state index contributed by atoms with van der Waals surface area (Å²) in [5.41, 5.74) is 3.65. The van der Waals surface area contributed by atoms with Gasteiger partial charge in [-0.3, -0.25) is 4.98 Å². The normalized spacial score (nSPS) is 10.2. The van der Waals surface area contributed by atoms with Gasteiger partial charge >= 0.3 is 0 Å². The van der Waals surface area contributed by atoms with E-state index in [0.29, 0.717) is 5.02 Å². The summed E-state index contributed by atoms with van der Waals surface area (Å²) >= 11 is 10.3. The van der Waals surface area contributed by atoms with Crippen LogP contribution in [0.3, 0.4) is 0 Å². The molecule has 3 rings (SSSR count). The van der Waals surface area contributed by atoms with Crippen LogP contribution in [0.25, 0.3) is 16.6 Å². The summed E-state index contributed by atoms with van der Waals surface area (Å²) in [7, 11) is 0. The van der Waals surface area contributed by atoms with E-state index in [2.05, 4.69) is 48.7 Å². The van der Waals surface area contributed by atoms with E-state index in [1.165, 1.54) is 0 Å². The number of hydrogen-bond donors (Lipinski definition) is 3. The maximum Gasteiger partial charge on any atom is 0.0708 e. The van der Waals surface area contributed by atoms with Crippen LogP contribution in [0.4, 0.5) is 5.69 Å². The second-order valence-corrected chi connectivity index (χ2v) is 6.53. The number of thiol groups is 1. The third-order valence-corrected chi connectivity index (χ3v) is 4.53. The maximum absolute atomic E-state index is 5.96. The minimum Gasteiger partial charge on any atom is -0.355 e. The number of fused-ring (bicyclic) bond motifs is 1. The van der Waals surface area contributed by atoms with Gasteiger partial charge in [0.25, 0.3) is 0 Å². The van der Waals surface area contributed by atoms with Crippen molar-refractivity contribution in [2.45, 2.75) is 18.7 Å². The summed E-state index contributed by atoms with van der Waals surface area (Å²) in [5, 5.41) is 8.11. The van der Waals surface area contributed by atoms with Gasteiger partial charge < -0.3 is 10.6 Å². The monoisotopic (exact) mass is 385 g/mol. The zero-order chi connectivity index (χ0) is 18.9. The molecular formula is C21H24ClN3S. The molecule has 1 aromatic heterocycles. The Kier molecular flexibility index (Phi) is 7.98. The molecule has 1 heterocycles. The molecule has 0 amide bonds. The van der Waals surface area contributed by atoms with Crippen LogP contribution in [0.2, 0.25) is 5.02 Å². The fourth-order valence-electron chi connectivity index (χ4n) is 2.34. The SMILES string of the molecule is C=C(Nc1ccc(Cl)c(S)c1)c1ccc2cccnc2c1.CCNCC. The number of anilines is 1. The van der Waals surface area contributed by atoms with Crippen molar-refractivity contribution in [2.75, 3.05) is 18.4 Å². The summed E-state index contributed by atoms with van der Waals surface area (Å²) in [6.45, 7) is 10.5. The Morgan fingerprint density at radius 3 is 2.54 bits per heavy atom. The lowest BCUT2D eigenvalue weighted by atomic mass is 10.1. The molecule has 2 N–H and O–H groups in total. The summed E-state index contributed by atoms with van der Waals surface area (Å²) in [6.07, 6.45) is 1.79. The van der Waals surface area contributed by atoms with Crippen molar-refractivity contribution in [2.24, 2.45) is 0 Å². The molecule has 0 aliphatic rings. The number of pyridine rings is 1. The predicted octanol–water partition coefficient (Wildman–Crippen LogP) is 5.88. The number of halogens is 1. The molecule has 0 fully saturated rings. The molecule has 3 nitrogen and oxygen atoms in total. The molecular weight excluding hydrogens is 362 g/mol. The molecule has 5 heteroatoms. The van der Waals surface area contributed by atoms with Gasteiger partial charge in [0.15, 0.2) is 0 Å². The fourth-order valence-corrected chi connectivity index (χ4v) is 2.67. The summed E-state index contributed by atoms with van der Waals surface area (Å²) in [5.74, 6) is 0. The zero-order valence-corrected chi connectivity index (χ0v) is 16.7. The van der Waals surface area contributed by atoms with Gasteiger partial charge in [-0.25, -0.2) is 0 Å². The Hall–Kier alpha value is -2.01. The van der Waals surface area contributed by atoms with E-state index in [9.17, 15) is 0 Å². The predicted molar refractivity (Wildman–Crippen MR) is 117 cm³/mol. The fraction of sp³-hybridized carbons (Fsp3) is 0.190. The molecule has 3 aromatic rings. The molecule has 0 radical (unpaired) electrons. The highest BCUT2D eigenvalue weighted by Gasteiger charge is 2.03. The first-order valence-electron chi connectivity index (χ1n) is 8.55. The second-order valence-electron chi connectivity index (χ2n) is 5.64. The van der Waals surface area contributed by atoms with Crippen molar-refractivity contribution < 1.29 is 0 Å². The lowest BCUT2D eigenvalue weighted by Crippen LogP contribution is -2.09. The highest BCUT2D eigenvalue weighted by atomic mass is 35.5. The Labute approximate surface area is 165 Å². The maximum atomic E-state index is 5.96. The van der Waals surface area contributed by atoms with E-state index in [4.69, 9.17) is 11.6 Å². The number of benzene rings is 2. The third-order valence-electron chi connectivity index (χ3n) is 3.70. The molecule has 0 unspecified atom stereocenters. The number of hydrogen-bond acceptors (Lipinski definition) is 4. The van der Waals surface area contributed by atoms with E-state index in [-0.39, 0.29) is 0 Å². The molecule has 0 atom stereocenters. The van der Waals surface area contributed by atoms with Crippen LogP contribution in [0.1, 0.15) is 19.4 Å². The summed E-state index contributed by atoms with van der Waals surface area (Å²) < 4.78 is 0. The molecule has 0 bridgehead atoms. The summed E-state index contributed by atoms with van der Waals surface area (Å²) in [4.78, 5) is 5.09. The van der Waals surface area contributed by atoms with Crippen LogP contribution in [-0.2, 0) is 0 Å². The number of nitrogens with zero attached hydrogens (tertiary/aromatic N) is 1. The Morgan fingerprint density at radius 1 is 1.12 bits per heavy atom. The first-order valence-corrected chi connectivity index (χ1v) is 9.38. The molecule has 0 aliphatic heterocycles. The molecule has 0 saturated carbocycles. The lowest BCUT2D eigenvalue weighted by molar-refractivity contribution is 0.762. The quantitative estimate of drug-likeness (QED) is 0.480. The van der Waals surface area contributed by atoms with Crippen LogP contribution in [0.15, 0.2) is 66.2 Å². The van der Waals surface area contributed by atoms with E-state index >= 15 is 0 Å². The average Bonchev–Trinajstić information content (AvgIpc) is 2.65. The Bertz CT molecular complexity index is 878. The lowest BCUT2D eigenvalue weighted by Gasteiger charge is -2.11. The average molecular weight is 386 g/mol. The van der Waals surface area contributed by atoms with E-state index < -0.39 is 0 Å². The summed E-state index contributed by atoms with van der Waals surface area (Å²) in [6, 6.07) is 15.6. The van der Waals surface area contributed by atoms with Crippen LogP contribution < -0.4 is 10.6 Å². The first kappa shape index (κ1) is 20.3. The number of nitrogens with one attached hydrogen (secondary N) is 2. The van der Waals surface area contributed by atoms with Crippen molar-refractivity contribution >= 4 is 46.5 Å². The van der Waals surface area contributed by atoms with Gasteiger partial charge in [0.1, 0.15) is 0 Å². The Morgan fingerprint density at radius 2 is 1.88 bits per heavy atom. The molecule has 0 aliphatic carbocycles. The van der Waals surface area contributed by atoms with Crippen LogP contribution in [0.5, 0.6) is 0 Å². The minimum absolute atomic E-state index is 0.629. The zero-order valence-electron chi connectivity index (χ0n) is 15.1. The van der Waals surface area contributed by atoms with Gasteiger partial charge in [0.05, 0.1) is 10.5 Å². The van der Waals surface area contributed by atoms with Crippen molar-refractivity contribution in [3.05, 3.63) is 71.9 Å². The van der Waals surface area contributed by atoms with Gasteiger partial charge in [-0.05, 0) is 49.0 Å². The van der Waals surface area contributed by atoms with Gasteiger partial charge in [0, 0.05) is 27.9 Å². The highest BCUT2D eigenvalue weighted by molar-refractivity contribution is 7.80. The number of aromatic nitrogens is 1. The van der Waals surface area contributed by atoms with Crippen LogP contribution in [0, 0.1) is 0 Å². The Balaban J connectivity index is 0.000000431. The second kappa shape index (κ2) is 10.2. The van der Waals surface area contributed by atoms with Gasteiger partial charge in [-0.2, -0.15) is 0 Å². The van der Waals surface area contributed by atoms with Crippen molar-refractivity contribution in [3.63, 3.8) is 0 Å².